The molecule has 1 aliphatic heterocycles. The van der Waals surface area contributed by atoms with Crippen LogP contribution >= 0.6 is 23.4 Å². The topological polar surface area (TPSA) is 61.8 Å². The van der Waals surface area contributed by atoms with Crippen LogP contribution in [0.2, 0.25) is 5.02 Å². The number of anilines is 2. The first-order valence-electron chi connectivity index (χ1n) is 7.13. The predicted octanol–water partition coefficient (Wildman–Crippen LogP) is 3.14. The molecule has 1 aliphatic carbocycles. The van der Waals surface area contributed by atoms with E-state index in [1.165, 1.54) is 11.8 Å². The van der Waals surface area contributed by atoms with E-state index in [2.05, 4.69) is 10.3 Å². The molecule has 0 atom stereocenters. The number of thioether (sulfide) groups is 1. The second-order valence-electron chi connectivity index (χ2n) is 5.41. The summed E-state index contributed by atoms with van der Waals surface area (Å²) in [5.41, 5.74) is 1.42. The number of nitrogens with zero attached hydrogens (tertiary/aromatic N) is 2. The van der Waals surface area contributed by atoms with Gasteiger partial charge < -0.3 is 10.2 Å². The quantitative estimate of drug-likeness (QED) is 0.920. The van der Waals surface area contributed by atoms with Gasteiger partial charge in [-0.25, -0.2) is 0 Å². The summed E-state index contributed by atoms with van der Waals surface area (Å²) in [4.78, 5) is 29.0. The van der Waals surface area contributed by atoms with Crippen molar-refractivity contribution >= 4 is 51.7 Å². The lowest BCUT2D eigenvalue weighted by atomic mass is 9.84. The van der Waals surface area contributed by atoms with Crippen LogP contribution in [0.5, 0.6) is 0 Å². The Balaban J connectivity index is 1.78. The fourth-order valence-corrected chi connectivity index (χ4v) is 3.20. The Morgan fingerprint density at radius 2 is 2.23 bits per heavy atom. The zero-order valence-electron chi connectivity index (χ0n) is 12.1. The van der Waals surface area contributed by atoms with Gasteiger partial charge in [-0.05, 0) is 31.0 Å². The number of amidine groups is 1. The highest BCUT2D eigenvalue weighted by atomic mass is 35.5. The molecule has 3 rings (SSSR count). The number of hydrogen-bond acceptors (Lipinski definition) is 4. The normalized spacial score (nSPS) is 17.9. The van der Waals surface area contributed by atoms with Crippen LogP contribution in [0, 0.1) is 5.92 Å². The van der Waals surface area contributed by atoms with Crippen LogP contribution in [0.1, 0.15) is 19.3 Å². The van der Waals surface area contributed by atoms with E-state index in [9.17, 15) is 9.59 Å². The molecule has 0 spiro atoms. The molecule has 5 nitrogen and oxygen atoms in total. The largest absolute Gasteiger partial charge is 0.333 e. The number of amides is 2. The minimum Gasteiger partial charge on any atom is -0.333 e. The maximum Gasteiger partial charge on any atom is 0.258 e. The lowest BCUT2D eigenvalue weighted by Gasteiger charge is -2.29. The Hall–Kier alpha value is -1.53. The Morgan fingerprint density at radius 3 is 2.82 bits per heavy atom. The third-order valence-electron chi connectivity index (χ3n) is 3.92. The lowest BCUT2D eigenvalue weighted by molar-refractivity contribution is -0.124. The number of aliphatic imine (C=N–C) groups is 1. The van der Waals surface area contributed by atoms with Crippen LogP contribution in [0.25, 0.3) is 0 Å². The number of carbonyl (C=O) groups is 2. The summed E-state index contributed by atoms with van der Waals surface area (Å²) in [6.07, 6.45) is 3.07. The molecular formula is C15H16ClN3O2S. The molecule has 1 aromatic rings. The van der Waals surface area contributed by atoms with Crippen molar-refractivity contribution in [1.29, 1.82) is 0 Å². The molecule has 1 aromatic carbocycles. The smallest absolute Gasteiger partial charge is 0.258 e. The highest BCUT2D eigenvalue weighted by Gasteiger charge is 2.28. The van der Waals surface area contributed by atoms with E-state index >= 15 is 0 Å². The fourth-order valence-electron chi connectivity index (χ4n) is 2.36. The van der Waals surface area contributed by atoms with Gasteiger partial charge in [0.05, 0.1) is 16.5 Å². The van der Waals surface area contributed by atoms with Gasteiger partial charge in [0.2, 0.25) is 5.91 Å². The average Bonchev–Trinajstić information content (AvgIpc) is 2.84. The van der Waals surface area contributed by atoms with Crippen LogP contribution in [-0.4, -0.2) is 29.8 Å². The molecule has 0 radical (unpaired) electrons. The van der Waals surface area contributed by atoms with Crippen LogP contribution in [-0.2, 0) is 9.59 Å². The Morgan fingerprint density at radius 1 is 1.45 bits per heavy atom. The molecule has 0 bridgehead atoms. The summed E-state index contributed by atoms with van der Waals surface area (Å²) < 4.78 is 0. The Bertz CT molecular complexity index is 658. The van der Waals surface area contributed by atoms with Crippen molar-refractivity contribution in [3.8, 4) is 0 Å². The van der Waals surface area contributed by atoms with Crippen LogP contribution < -0.4 is 10.2 Å². The van der Waals surface area contributed by atoms with Gasteiger partial charge in [0.1, 0.15) is 0 Å². The van der Waals surface area contributed by atoms with Crippen molar-refractivity contribution in [1.82, 2.24) is 0 Å². The standard InChI is InChI=1S/C15H16ClN3O2S/c1-19(14(21)9-3-2-4-9)10-5-6-11(16)12(7-10)17-15-18-13(20)8-22-15/h5-7,9H,2-4,8H2,1H3,(H,17,18,20). The van der Waals surface area contributed by atoms with E-state index in [1.807, 2.05) is 12.1 Å². The van der Waals surface area contributed by atoms with Gasteiger partial charge in [-0.2, -0.15) is 4.99 Å². The summed E-state index contributed by atoms with van der Waals surface area (Å²) in [6, 6.07) is 5.37. The molecule has 22 heavy (non-hydrogen) atoms. The Labute approximate surface area is 138 Å². The summed E-state index contributed by atoms with van der Waals surface area (Å²) in [5, 5.41) is 4.12. The second kappa shape index (κ2) is 6.30. The van der Waals surface area contributed by atoms with Gasteiger partial charge in [0.25, 0.3) is 5.91 Å². The van der Waals surface area contributed by atoms with Crippen LogP contribution in [0.4, 0.5) is 11.4 Å². The van der Waals surface area contributed by atoms with E-state index in [1.54, 1.807) is 18.0 Å². The molecule has 0 saturated heterocycles. The van der Waals surface area contributed by atoms with Crippen LogP contribution in [0.15, 0.2) is 23.2 Å². The van der Waals surface area contributed by atoms with E-state index in [-0.39, 0.29) is 17.7 Å². The van der Waals surface area contributed by atoms with E-state index in [4.69, 9.17) is 11.6 Å². The van der Waals surface area contributed by atoms with Gasteiger partial charge in [0, 0.05) is 18.7 Å². The molecule has 1 saturated carbocycles. The van der Waals surface area contributed by atoms with Gasteiger partial charge in [-0.1, -0.05) is 29.8 Å². The molecule has 2 aliphatic rings. The molecule has 0 aromatic heterocycles. The first-order chi connectivity index (χ1) is 10.5. The highest BCUT2D eigenvalue weighted by Crippen LogP contribution is 2.32. The second-order valence-corrected chi connectivity index (χ2v) is 6.78. The molecule has 0 unspecified atom stereocenters. The first kappa shape index (κ1) is 15.4. The van der Waals surface area contributed by atoms with E-state index in [0.717, 1.165) is 24.9 Å². The van der Waals surface area contributed by atoms with Crippen LogP contribution in [0.3, 0.4) is 0 Å². The molecule has 1 N–H and O–H groups in total. The predicted molar refractivity (Wildman–Crippen MR) is 90.7 cm³/mol. The number of benzene rings is 1. The van der Waals surface area contributed by atoms with Crippen molar-refractivity contribution in [2.45, 2.75) is 19.3 Å². The number of halogens is 1. The summed E-state index contributed by atoms with van der Waals surface area (Å²) in [6.45, 7) is 0. The van der Waals surface area contributed by atoms with Gasteiger partial charge in [-0.3, -0.25) is 9.59 Å². The summed E-state index contributed by atoms with van der Waals surface area (Å²) in [5.74, 6) is 0.475. The number of carbonyl (C=O) groups excluding carboxylic acids is 2. The van der Waals surface area contributed by atoms with E-state index in [0.29, 0.717) is 21.6 Å². The van der Waals surface area contributed by atoms with E-state index < -0.39 is 0 Å². The van der Waals surface area contributed by atoms with Crippen molar-refractivity contribution < 1.29 is 9.59 Å². The summed E-state index contributed by atoms with van der Waals surface area (Å²) >= 11 is 7.52. The monoisotopic (exact) mass is 337 g/mol. The molecule has 2 amide bonds. The minimum absolute atomic E-state index is 0.141. The van der Waals surface area contributed by atoms with Crippen molar-refractivity contribution in [2.24, 2.45) is 10.9 Å². The molecule has 1 fully saturated rings. The van der Waals surface area contributed by atoms with Crippen molar-refractivity contribution in [2.75, 3.05) is 23.0 Å². The third kappa shape index (κ3) is 3.13. The zero-order valence-corrected chi connectivity index (χ0v) is 13.7. The SMILES string of the molecule is CN(C(=O)C1CCC1)c1ccc(Cl)c(NC2=NC(=O)CS2)c1. The highest BCUT2D eigenvalue weighted by molar-refractivity contribution is 8.15. The van der Waals surface area contributed by atoms with Gasteiger partial charge >= 0.3 is 0 Å². The molecule has 1 heterocycles. The number of hydrogen-bond donors (Lipinski definition) is 1. The third-order valence-corrected chi connectivity index (χ3v) is 5.11. The average molecular weight is 338 g/mol. The Kier molecular flexibility index (Phi) is 4.40. The maximum atomic E-state index is 12.3. The zero-order chi connectivity index (χ0) is 15.7. The van der Waals surface area contributed by atoms with Crippen molar-refractivity contribution in [3.05, 3.63) is 23.2 Å². The van der Waals surface area contributed by atoms with Gasteiger partial charge in [-0.15, -0.1) is 0 Å². The fraction of sp³-hybridized carbons (Fsp3) is 0.400. The molecule has 116 valence electrons. The lowest BCUT2D eigenvalue weighted by Crippen LogP contribution is -2.36. The maximum absolute atomic E-state index is 12.3. The number of nitrogens with one attached hydrogen (secondary N) is 1. The molecule has 7 heteroatoms. The van der Waals surface area contributed by atoms with Gasteiger partial charge in [0.15, 0.2) is 5.17 Å². The first-order valence-corrected chi connectivity index (χ1v) is 8.49. The molecular weight excluding hydrogens is 322 g/mol. The van der Waals surface area contributed by atoms with Crippen molar-refractivity contribution in [3.63, 3.8) is 0 Å². The minimum atomic E-state index is -0.156. The number of rotatable bonds is 3. The summed E-state index contributed by atoms with van der Waals surface area (Å²) in [7, 11) is 1.78.